The molecular formula is C33H36F3N5O3. The fourth-order valence-corrected chi connectivity index (χ4v) is 6.71. The van der Waals surface area contributed by atoms with Crippen LogP contribution in [0.5, 0.6) is 5.75 Å². The van der Waals surface area contributed by atoms with Gasteiger partial charge in [-0.05, 0) is 56.0 Å². The molecule has 11 heteroatoms. The molecule has 4 aromatic rings. The van der Waals surface area contributed by atoms with Crippen LogP contribution in [0, 0.1) is 24.4 Å². The Kier molecular flexibility index (Phi) is 7.79. The fourth-order valence-electron chi connectivity index (χ4n) is 6.71. The van der Waals surface area contributed by atoms with Gasteiger partial charge in [-0.15, -0.1) is 0 Å². The molecule has 0 radical (unpaired) electrons. The molecule has 0 bridgehead atoms. The summed E-state index contributed by atoms with van der Waals surface area (Å²) >= 11 is 0. The van der Waals surface area contributed by atoms with Crippen molar-refractivity contribution in [3.63, 3.8) is 0 Å². The molecule has 2 aliphatic rings. The van der Waals surface area contributed by atoms with Gasteiger partial charge in [0, 0.05) is 50.4 Å². The van der Waals surface area contributed by atoms with E-state index in [1.807, 2.05) is 30.6 Å². The van der Waals surface area contributed by atoms with E-state index in [9.17, 15) is 15.0 Å². The molecule has 3 N–H and O–H groups in total. The monoisotopic (exact) mass is 607 g/mol. The van der Waals surface area contributed by atoms with Crippen molar-refractivity contribution in [2.24, 2.45) is 0 Å². The number of pyridine rings is 2. The lowest BCUT2D eigenvalue weighted by Crippen LogP contribution is -2.62. The molecule has 2 atom stereocenters. The lowest BCUT2D eigenvalue weighted by atomic mass is 9.95. The maximum Gasteiger partial charge on any atom is 0.281 e. The molecule has 8 nitrogen and oxygen atoms in total. The van der Waals surface area contributed by atoms with Gasteiger partial charge in [0.15, 0.2) is 5.82 Å². The SMILES string of the molecule is Cc1ccnc(C(C)C)c1-n1c(=O)c2c(c3cc(F)c(-c4c(O)cccc4F)c(F)c31)N1C[C@@H](C)NC[C@@H]1CN2CCCO. The quantitative estimate of drug-likeness (QED) is 0.285. The Morgan fingerprint density at radius 3 is 2.55 bits per heavy atom. The van der Waals surface area contributed by atoms with Gasteiger partial charge in [-0.25, -0.2) is 13.2 Å². The number of nitrogens with zero attached hydrogens (tertiary/aromatic N) is 4. The van der Waals surface area contributed by atoms with Gasteiger partial charge in [0.2, 0.25) is 0 Å². The Morgan fingerprint density at radius 2 is 1.84 bits per heavy atom. The molecule has 0 saturated carbocycles. The van der Waals surface area contributed by atoms with Gasteiger partial charge in [-0.1, -0.05) is 19.9 Å². The predicted octanol–water partition coefficient (Wildman–Crippen LogP) is 4.98. The second-order valence-electron chi connectivity index (χ2n) is 12.1. The summed E-state index contributed by atoms with van der Waals surface area (Å²) in [5.41, 5.74) is 0.122. The molecule has 0 amide bonds. The van der Waals surface area contributed by atoms with E-state index >= 15 is 13.2 Å². The van der Waals surface area contributed by atoms with E-state index in [-0.39, 0.29) is 41.2 Å². The van der Waals surface area contributed by atoms with Crippen LogP contribution < -0.4 is 20.7 Å². The highest BCUT2D eigenvalue weighted by atomic mass is 19.1. The third-order valence-electron chi connectivity index (χ3n) is 8.70. The fraction of sp³-hybridized carbons (Fsp3) is 0.394. The maximum absolute atomic E-state index is 17.2. The van der Waals surface area contributed by atoms with Crippen LogP contribution in [0.3, 0.4) is 0 Å². The number of phenols is 1. The first-order chi connectivity index (χ1) is 21.0. The van der Waals surface area contributed by atoms with Crippen LogP contribution in [0.4, 0.5) is 24.5 Å². The summed E-state index contributed by atoms with van der Waals surface area (Å²) in [4.78, 5) is 23.4. The Balaban J connectivity index is 1.83. The molecule has 2 aromatic heterocycles. The van der Waals surface area contributed by atoms with Crippen molar-refractivity contribution >= 4 is 22.3 Å². The van der Waals surface area contributed by atoms with Crippen LogP contribution in [-0.2, 0) is 0 Å². The summed E-state index contributed by atoms with van der Waals surface area (Å²) in [5, 5.41) is 23.9. The van der Waals surface area contributed by atoms with Crippen molar-refractivity contribution in [3.05, 3.63) is 75.6 Å². The van der Waals surface area contributed by atoms with Crippen molar-refractivity contribution in [3.8, 4) is 22.6 Å². The minimum Gasteiger partial charge on any atom is -0.507 e. The average molecular weight is 608 g/mol. The van der Waals surface area contributed by atoms with E-state index in [1.165, 1.54) is 10.6 Å². The number of benzene rings is 2. The predicted molar refractivity (Wildman–Crippen MR) is 166 cm³/mol. The number of halogens is 3. The third-order valence-corrected chi connectivity index (χ3v) is 8.70. The van der Waals surface area contributed by atoms with Crippen LogP contribution in [0.1, 0.15) is 44.4 Å². The zero-order valence-electron chi connectivity index (χ0n) is 25.2. The topological polar surface area (TPSA) is 93.9 Å². The number of hydrogen-bond acceptors (Lipinski definition) is 7. The summed E-state index contributed by atoms with van der Waals surface area (Å²) in [6, 6.07) is 6.23. The van der Waals surface area contributed by atoms with Crippen LogP contribution in [0.15, 0.2) is 41.3 Å². The smallest absolute Gasteiger partial charge is 0.281 e. The maximum atomic E-state index is 17.2. The highest BCUT2D eigenvalue weighted by Crippen LogP contribution is 2.45. The molecule has 2 aromatic carbocycles. The zero-order valence-corrected chi connectivity index (χ0v) is 25.2. The summed E-state index contributed by atoms with van der Waals surface area (Å²) in [6.45, 7) is 9.45. The average Bonchev–Trinajstić information content (AvgIpc) is 2.98. The Labute approximate surface area is 253 Å². The van der Waals surface area contributed by atoms with Crippen LogP contribution >= 0.6 is 0 Å². The van der Waals surface area contributed by atoms with E-state index < -0.39 is 39.9 Å². The second-order valence-corrected chi connectivity index (χ2v) is 12.1. The Bertz CT molecular complexity index is 1810. The number of anilines is 2. The van der Waals surface area contributed by atoms with Crippen molar-refractivity contribution in [1.82, 2.24) is 14.9 Å². The van der Waals surface area contributed by atoms with Crippen molar-refractivity contribution in [2.45, 2.75) is 52.1 Å². The number of phenolic OH excluding ortho intramolecular Hbond substituents is 1. The summed E-state index contributed by atoms with van der Waals surface area (Å²) in [6.07, 6.45) is 2.02. The first-order valence-electron chi connectivity index (χ1n) is 14.9. The Hall–Kier alpha value is -4.09. The van der Waals surface area contributed by atoms with Gasteiger partial charge in [-0.2, -0.15) is 0 Å². The summed E-state index contributed by atoms with van der Waals surface area (Å²) in [5.74, 6) is -4.01. The zero-order chi connectivity index (χ0) is 31.4. The number of fused-ring (bicyclic) bond motifs is 5. The normalized spacial score (nSPS) is 18.2. The van der Waals surface area contributed by atoms with Gasteiger partial charge in [-0.3, -0.25) is 14.3 Å². The number of hydrogen-bond donors (Lipinski definition) is 3. The first kappa shape index (κ1) is 30.0. The molecular weight excluding hydrogens is 571 g/mol. The van der Waals surface area contributed by atoms with Crippen molar-refractivity contribution in [2.75, 3.05) is 42.6 Å². The molecule has 1 saturated heterocycles. The lowest BCUT2D eigenvalue weighted by molar-refractivity contribution is 0.288. The summed E-state index contributed by atoms with van der Waals surface area (Å²) in [7, 11) is 0. The molecule has 44 heavy (non-hydrogen) atoms. The van der Waals surface area contributed by atoms with Crippen LogP contribution in [0.2, 0.25) is 0 Å². The standard InChI is InChI=1S/C33H36F3N5O3/c1-17(2)28-29(18(3)9-10-37-28)41-30-21(13-23(35)26(27(30)36)25-22(34)7-5-8-24(25)43)31-32(33(41)44)39(11-6-12-42)16-20-14-38-19(4)15-40(20)31/h5,7-10,13,17,19-20,38,42-43H,6,11-12,14-16H2,1-4H3/t19-,20-/m1/s1. The number of piperazine rings is 1. The molecule has 0 spiro atoms. The number of aliphatic hydroxyl groups excluding tert-OH is 1. The van der Waals surface area contributed by atoms with E-state index in [4.69, 9.17) is 0 Å². The van der Waals surface area contributed by atoms with E-state index in [2.05, 4.69) is 10.3 Å². The number of aromatic hydroxyl groups is 1. The van der Waals surface area contributed by atoms with E-state index in [1.54, 1.807) is 19.2 Å². The number of aliphatic hydroxyl groups is 1. The molecule has 1 fully saturated rings. The van der Waals surface area contributed by atoms with Gasteiger partial charge < -0.3 is 25.3 Å². The van der Waals surface area contributed by atoms with E-state index in [0.29, 0.717) is 55.2 Å². The highest BCUT2D eigenvalue weighted by molar-refractivity contribution is 6.03. The molecule has 232 valence electrons. The van der Waals surface area contributed by atoms with Crippen molar-refractivity contribution in [1.29, 1.82) is 0 Å². The number of aryl methyl sites for hydroxylation is 1. The highest BCUT2D eigenvalue weighted by Gasteiger charge is 2.40. The summed E-state index contributed by atoms with van der Waals surface area (Å²) < 4.78 is 49.8. The molecule has 0 unspecified atom stereocenters. The second kappa shape index (κ2) is 11.4. The molecule has 4 heterocycles. The van der Waals surface area contributed by atoms with Crippen molar-refractivity contribution < 1.29 is 23.4 Å². The lowest BCUT2D eigenvalue weighted by Gasteiger charge is -2.49. The Morgan fingerprint density at radius 1 is 1.07 bits per heavy atom. The minimum atomic E-state index is -1.16. The number of rotatable bonds is 6. The van der Waals surface area contributed by atoms with Gasteiger partial charge in [0.25, 0.3) is 5.56 Å². The largest absolute Gasteiger partial charge is 0.507 e. The third kappa shape index (κ3) is 4.69. The van der Waals surface area contributed by atoms with E-state index in [0.717, 1.165) is 18.2 Å². The van der Waals surface area contributed by atoms with Gasteiger partial charge >= 0.3 is 0 Å². The molecule has 2 aliphatic heterocycles. The number of aromatic nitrogens is 2. The van der Waals surface area contributed by atoms with Crippen LogP contribution in [0.25, 0.3) is 27.7 Å². The number of nitrogens with one attached hydrogen (secondary N) is 1. The first-order valence-corrected chi connectivity index (χ1v) is 14.9. The molecule has 0 aliphatic carbocycles. The van der Waals surface area contributed by atoms with Gasteiger partial charge in [0.05, 0.1) is 39.8 Å². The minimum absolute atomic E-state index is 0.0398. The van der Waals surface area contributed by atoms with Crippen LogP contribution in [-0.4, -0.2) is 64.6 Å². The van der Waals surface area contributed by atoms with Gasteiger partial charge in [0.1, 0.15) is 23.1 Å². The molecule has 6 rings (SSSR count).